The molecule has 0 bridgehead atoms. The average Bonchev–Trinajstić information content (AvgIpc) is 3.07. The molecule has 0 heterocycles. The van der Waals surface area contributed by atoms with Crippen LogP contribution in [0.2, 0.25) is 0 Å². The van der Waals surface area contributed by atoms with Crippen molar-refractivity contribution in [1.29, 1.82) is 0 Å². The van der Waals surface area contributed by atoms with Crippen molar-refractivity contribution in [2.75, 3.05) is 6.61 Å². The zero-order valence-corrected chi connectivity index (χ0v) is 31.6. The highest BCUT2D eigenvalue weighted by atomic mass is 16.3. The van der Waals surface area contributed by atoms with Gasteiger partial charge in [-0.05, 0) is 19.3 Å². The Bertz CT molecular complexity index is 694. The molecule has 2 unspecified atom stereocenters. The van der Waals surface area contributed by atoms with Crippen molar-refractivity contribution in [2.45, 2.75) is 238 Å². The van der Waals surface area contributed by atoms with Gasteiger partial charge in [-0.25, -0.2) is 0 Å². The maximum Gasteiger partial charge on any atom is 0.287 e. The van der Waals surface area contributed by atoms with Crippen LogP contribution in [0.15, 0.2) is 12.2 Å². The van der Waals surface area contributed by atoms with E-state index in [1.807, 2.05) is 6.08 Å². The Hall–Kier alpha value is -1.20. The molecule has 0 aromatic heterocycles. The van der Waals surface area contributed by atoms with E-state index in [1.54, 1.807) is 6.08 Å². The average molecular weight is 664 g/mol. The van der Waals surface area contributed by atoms with Crippen LogP contribution in [0.5, 0.6) is 0 Å². The number of ketones is 1. The lowest BCUT2D eigenvalue weighted by Crippen LogP contribution is -2.47. The highest BCUT2D eigenvalue weighted by Gasteiger charge is 2.22. The van der Waals surface area contributed by atoms with Crippen LogP contribution < -0.4 is 5.32 Å². The van der Waals surface area contributed by atoms with Gasteiger partial charge in [0.05, 0.1) is 18.8 Å². The highest BCUT2D eigenvalue weighted by Crippen LogP contribution is 2.16. The SMILES string of the molecule is CCCCCCCCCCCCCC=CC(O)C(CO)NC(=O)C(=O)CCCCCCCCCCCCCCCCCCCCCC. The number of rotatable bonds is 38. The van der Waals surface area contributed by atoms with Gasteiger partial charge in [-0.2, -0.15) is 0 Å². The number of aliphatic hydroxyl groups is 2. The van der Waals surface area contributed by atoms with Crippen molar-refractivity contribution >= 4 is 11.7 Å². The summed E-state index contributed by atoms with van der Waals surface area (Å²) < 4.78 is 0. The maximum atomic E-state index is 12.3. The molecule has 0 saturated carbocycles. The minimum absolute atomic E-state index is 0.230. The van der Waals surface area contributed by atoms with E-state index in [9.17, 15) is 19.8 Å². The molecule has 2 atom stereocenters. The van der Waals surface area contributed by atoms with Crippen molar-refractivity contribution in [3.8, 4) is 0 Å². The van der Waals surface area contributed by atoms with E-state index in [0.717, 1.165) is 32.1 Å². The number of nitrogens with one attached hydrogen (secondary N) is 1. The van der Waals surface area contributed by atoms with Gasteiger partial charge in [0.25, 0.3) is 5.91 Å². The molecule has 0 radical (unpaired) electrons. The summed E-state index contributed by atoms with van der Waals surface area (Å²) >= 11 is 0. The summed E-state index contributed by atoms with van der Waals surface area (Å²) in [7, 11) is 0. The first kappa shape index (κ1) is 45.8. The van der Waals surface area contributed by atoms with Crippen molar-refractivity contribution < 1.29 is 19.8 Å². The second-order valence-electron chi connectivity index (χ2n) is 14.4. The van der Waals surface area contributed by atoms with Gasteiger partial charge in [0.2, 0.25) is 5.78 Å². The Kier molecular flexibility index (Phi) is 36.7. The number of Topliss-reactive ketones (excluding diaryl/α,β-unsaturated/α-hetero) is 1. The van der Waals surface area contributed by atoms with Crippen LogP contribution in [0, 0.1) is 0 Å². The van der Waals surface area contributed by atoms with Crippen LogP contribution >= 0.6 is 0 Å². The predicted octanol–water partition coefficient (Wildman–Crippen LogP) is 11.9. The molecule has 0 aromatic rings. The van der Waals surface area contributed by atoms with Gasteiger partial charge in [-0.3, -0.25) is 9.59 Å². The van der Waals surface area contributed by atoms with Gasteiger partial charge in [0.1, 0.15) is 0 Å². The second-order valence-corrected chi connectivity index (χ2v) is 14.4. The smallest absolute Gasteiger partial charge is 0.287 e. The van der Waals surface area contributed by atoms with Gasteiger partial charge in [-0.1, -0.05) is 212 Å². The molecule has 0 fully saturated rings. The lowest BCUT2D eigenvalue weighted by Gasteiger charge is -2.19. The number of aliphatic hydroxyl groups excluding tert-OH is 2. The van der Waals surface area contributed by atoms with Crippen LogP contribution in [0.25, 0.3) is 0 Å². The second kappa shape index (κ2) is 37.6. The summed E-state index contributed by atoms with van der Waals surface area (Å²) in [6.07, 6.45) is 44.1. The molecule has 5 nitrogen and oxygen atoms in total. The van der Waals surface area contributed by atoms with E-state index in [0.29, 0.717) is 0 Å². The summed E-state index contributed by atoms with van der Waals surface area (Å²) in [5, 5.41) is 22.6. The van der Waals surface area contributed by atoms with E-state index >= 15 is 0 Å². The van der Waals surface area contributed by atoms with E-state index in [-0.39, 0.29) is 6.42 Å². The predicted molar refractivity (Wildman–Crippen MR) is 203 cm³/mol. The summed E-state index contributed by atoms with van der Waals surface area (Å²) in [5.74, 6) is -1.15. The molecule has 0 aromatic carbocycles. The van der Waals surface area contributed by atoms with Crippen LogP contribution in [0.3, 0.4) is 0 Å². The normalized spacial score (nSPS) is 12.9. The largest absolute Gasteiger partial charge is 0.394 e. The molecule has 0 aliphatic rings. The standard InChI is InChI=1S/C42H81NO4/c1-3-5-7-9-11-13-15-17-18-19-20-21-22-23-25-27-29-31-33-35-37-41(46)42(47)43-39(38-44)40(45)36-34-32-30-28-26-24-16-14-12-10-8-6-4-2/h34,36,39-40,44-45H,3-33,35,37-38H2,1-2H3,(H,43,47). The Balaban J connectivity index is 3.64. The molecule has 278 valence electrons. The first-order chi connectivity index (χ1) is 23.1. The van der Waals surface area contributed by atoms with Crippen LogP contribution in [0.4, 0.5) is 0 Å². The van der Waals surface area contributed by atoms with E-state index in [1.165, 1.54) is 173 Å². The minimum Gasteiger partial charge on any atom is -0.394 e. The third kappa shape index (κ3) is 33.1. The molecule has 0 aliphatic carbocycles. The lowest BCUT2D eigenvalue weighted by molar-refractivity contribution is -0.139. The zero-order chi connectivity index (χ0) is 34.5. The number of hydrogen-bond acceptors (Lipinski definition) is 4. The number of unbranched alkanes of at least 4 members (excludes halogenated alkanes) is 30. The van der Waals surface area contributed by atoms with E-state index in [2.05, 4.69) is 19.2 Å². The summed E-state index contributed by atoms with van der Waals surface area (Å²) in [5.41, 5.74) is 0. The maximum absolute atomic E-state index is 12.3. The third-order valence-electron chi connectivity index (χ3n) is 9.74. The van der Waals surface area contributed by atoms with Gasteiger partial charge in [0.15, 0.2) is 0 Å². The van der Waals surface area contributed by atoms with Crippen molar-refractivity contribution in [1.82, 2.24) is 5.32 Å². The lowest BCUT2D eigenvalue weighted by atomic mass is 10.0. The molecule has 5 heteroatoms. The number of carbonyl (C=O) groups is 2. The summed E-state index contributed by atoms with van der Waals surface area (Å²) in [6, 6.07) is -0.852. The Morgan fingerprint density at radius 2 is 0.830 bits per heavy atom. The number of allylic oxidation sites excluding steroid dienone is 1. The van der Waals surface area contributed by atoms with Crippen LogP contribution in [-0.4, -0.2) is 40.7 Å². The quantitative estimate of drug-likeness (QED) is 0.0348. The molecule has 0 rings (SSSR count). The van der Waals surface area contributed by atoms with Crippen LogP contribution in [-0.2, 0) is 9.59 Å². The number of amides is 1. The fraction of sp³-hybridized carbons (Fsp3) is 0.905. The monoisotopic (exact) mass is 664 g/mol. The van der Waals surface area contributed by atoms with E-state index in [4.69, 9.17) is 0 Å². The van der Waals surface area contributed by atoms with Crippen molar-refractivity contribution in [3.63, 3.8) is 0 Å². The molecule has 1 amide bonds. The Labute approximate surface area is 292 Å². The molecular formula is C42H81NO4. The summed E-state index contributed by atoms with van der Waals surface area (Å²) in [6.45, 7) is 4.14. The first-order valence-corrected chi connectivity index (χ1v) is 20.9. The molecular weight excluding hydrogens is 582 g/mol. The molecule has 3 N–H and O–H groups in total. The van der Waals surface area contributed by atoms with Crippen LogP contribution in [0.1, 0.15) is 226 Å². The number of hydrogen-bond donors (Lipinski definition) is 3. The summed E-state index contributed by atoms with van der Waals surface area (Å²) in [4.78, 5) is 24.6. The number of carbonyl (C=O) groups excluding carboxylic acids is 2. The van der Waals surface area contributed by atoms with Crippen molar-refractivity contribution in [2.24, 2.45) is 0 Å². The molecule has 0 spiro atoms. The molecule has 0 aliphatic heterocycles. The van der Waals surface area contributed by atoms with Crippen molar-refractivity contribution in [3.05, 3.63) is 12.2 Å². The third-order valence-corrected chi connectivity index (χ3v) is 9.74. The fourth-order valence-corrected chi connectivity index (χ4v) is 6.44. The fourth-order valence-electron chi connectivity index (χ4n) is 6.44. The van der Waals surface area contributed by atoms with Gasteiger partial charge in [-0.15, -0.1) is 0 Å². The first-order valence-electron chi connectivity index (χ1n) is 20.9. The molecule has 47 heavy (non-hydrogen) atoms. The minimum atomic E-state index is -0.996. The highest BCUT2D eigenvalue weighted by molar-refractivity contribution is 6.36. The van der Waals surface area contributed by atoms with Gasteiger partial charge < -0.3 is 15.5 Å². The van der Waals surface area contributed by atoms with Gasteiger partial charge >= 0.3 is 0 Å². The zero-order valence-electron chi connectivity index (χ0n) is 31.6. The van der Waals surface area contributed by atoms with Gasteiger partial charge in [0, 0.05) is 6.42 Å². The molecule has 0 saturated heterocycles. The van der Waals surface area contributed by atoms with E-state index < -0.39 is 30.4 Å². The Morgan fingerprint density at radius 3 is 1.17 bits per heavy atom. The Morgan fingerprint density at radius 1 is 0.511 bits per heavy atom. The topological polar surface area (TPSA) is 86.6 Å².